The second-order valence-corrected chi connectivity index (χ2v) is 9.72. The highest BCUT2D eigenvalue weighted by atomic mass is 16.5. The fourth-order valence-corrected chi connectivity index (χ4v) is 4.90. The van der Waals surface area contributed by atoms with Gasteiger partial charge in [0.25, 0.3) is 11.7 Å². The largest absolute Gasteiger partial charge is 0.507 e. The molecular formula is C34H31NO6. The van der Waals surface area contributed by atoms with Gasteiger partial charge in [0.15, 0.2) is 0 Å². The first-order valence-electron chi connectivity index (χ1n) is 13.3. The molecule has 0 bridgehead atoms. The number of aliphatic hydroxyl groups is 1. The molecule has 0 unspecified atom stereocenters. The predicted molar refractivity (Wildman–Crippen MR) is 156 cm³/mol. The van der Waals surface area contributed by atoms with Gasteiger partial charge >= 0.3 is 0 Å². The molecule has 4 aromatic carbocycles. The second kappa shape index (κ2) is 12.5. The number of hydrogen-bond acceptors (Lipinski definition) is 6. The Hall–Kier alpha value is -4.88. The zero-order valence-electron chi connectivity index (χ0n) is 22.9. The predicted octanol–water partition coefficient (Wildman–Crippen LogP) is 6.43. The van der Waals surface area contributed by atoms with Crippen molar-refractivity contribution in [3.63, 3.8) is 0 Å². The van der Waals surface area contributed by atoms with Crippen LogP contribution in [0.15, 0.2) is 109 Å². The normalized spacial score (nSPS) is 16.1. The highest BCUT2D eigenvalue weighted by Crippen LogP contribution is 2.41. The van der Waals surface area contributed by atoms with E-state index in [4.69, 9.17) is 14.2 Å². The van der Waals surface area contributed by atoms with Gasteiger partial charge in [-0.2, -0.15) is 0 Å². The number of Topliss-reactive ketones (excluding diaryl/α,β-unsaturated/α-hetero) is 1. The van der Waals surface area contributed by atoms with E-state index >= 15 is 0 Å². The minimum Gasteiger partial charge on any atom is -0.507 e. The molecule has 0 saturated carbocycles. The third-order valence-corrected chi connectivity index (χ3v) is 6.93. The highest BCUT2D eigenvalue weighted by Gasteiger charge is 2.46. The molecule has 1 aliphatic rings. The van der Waals surface area contributed by atoms with Gasteiger partial charge in [0.2, 0.25) is 0 Å². The van der Waals surface area contributed by atoms with Gasteiger partial charge in [-0.25, -0.2) is 0 Å². The average Bonchev–Trinajstić information content (AvgIpc) is 3.25. The summed E-state index contributed by atoms with van der Waals surface area (Å²) in [6.07, 6.45) is 0. The number of carbonyl (C=O) groups is 2. The van der Waals surface area contributed by atoms with Crippen LogP contribution in [0.3, 0.4) is 0 Å². The molecule has 41 heavy (non-hydrogen) atoms. The fraction of sp³-hybridized carbons (Fsp3) is 0.176. The van der Waals surface area contributed by atoms with Crippen LogP contribution in [0.5, 0.6) is 17.2 Å². The molecule has 7 heteroatoms. The summed E-state index contributed by atoms with van der Waals surface area (Å²) in [5.41, 5.74) is 2.84. The average molecular weight is 550 g/mol. The van der Waals surface area contributed by atoms with E-state index in [9.17, 15) is 14.7 Å². The summed E-state index contributed by atoms with van der Waals surface area (Å²) in [7, 11) is 1.53. The quantitative estimate of drug-likeness (QED) is 0.139. The molecule has 5 rings (SSSR count). The summed E-state index contributed by atoms with van der Waals surface area (Å²) < 4.78 is 17.2. The molecule has 7 nitrogen and oxygen atoms in total. The lowest BCUT2D eigenvalue weighted by atomic mass is 9.93. The highest BCUT2D eigenvalue weighted by molar-refractivity contribution is 6.46. The van der Waals surface area contributed by atoms with E-state index in [0.717, 1.165) is 5.56 Å². The van der Waals surface area contributed by atoms with Gasteiger partial charge in [0.05, 0.1) is 18.2 Å². The zero-order chi connectivity index (χ0) is 28.8. The maximum absolute atomic E-state index is 13.4. The van der Waals surface area contributed by atoms with Crippen LogP contribution < -0.4 is 9.47 Å². The molecule has 0 aliphatic carbocycles. The number of nitrogens with zero attached hydrogens (tertiary/aromatic N) is 1. The van der Waals surface area contributed by atoms with Crippen molar-refractivity contribution in [3.05, 3.63) is 131 Å². The first kappa shape index (κ1) is 27.7. The van der Waals surface area contributed by atoms with E-state index in [2.05, 4.69) is 0 Å². The third kappa shape index (κ3) is 6.15. The molecule has 0 radical (unpaired) electrons. The van der Waals surface area contributed by atoms with Crippen LogP contribution in [0, 0.1) is 6.92 Å². The second-order valence-electron chi connectivity index (χ2n) is 9.72. The van der Waals surface area contributed by atoms with Crippen LogP contribution in [-0.2, 0) is 20.9 Å². The number of ketones is 1. The molecule has 0 spiro atoms. The summed E-state index contributed by atoms with van der Waals surface area (Å²) >= 11 is 0. The number of rotatable bonds is 10. The number of aryl methyl sites for hydroxylation is 1. The van der Waals surface area contributed by atoms with Gasteiger partial charge < -0.3 is 24.2 Å². The molecule has 4 aromatic rings. The molecule has 0 aromatic heterocycles. The number of methoxy groups -OCH3 is 1. The maximum Gasteiger partial charge on any atom is 0.295 e. The number of likely N-dealkylation sites (tertiary alicyclic amines) is 1. The molecule has 1 amide bonds. The minimum absolute atomic E-state index is 0.0176. The Kier molecular flexibility index (Phi) is 8.46. The summed E-state index contributed by atoms with van der Waals surface area (Å²) in [5, 5.41) is 11.5. The van der Waals surface area contributed by atoms with Gasteiger partial charge in [0, 0.05) is 19.2 Å². The molecule has 208 valence electrons. The first-order valence-corrected chi connectivity index (χ1v) is 13.3. The molecule has 1 aliphatic heterocycles. The zero-order valence-corrected chi connectivity index (χ0v) is 22.9. The van der Waals surface area contributed by atoms with Crippen LogP contribution in [0.2, 0.25) is 0 Å². The van der Waals surface area contributed by atoms with Crippen molar-refractivity contribution in [2.45, 2.75) is 19.6 Å². The van der Waals surface area contributed by atoms with Crippen molar-refractivity contribution in [2.75, 3.05) is 20.3 Å². The maximum atomic E-state index is 13.4. The van der Waals surface area contributed by atoms with Gasteiger partial charge in [-0.15, -0.1) is 0 Å². The smallest absolute Gasteiger partial charge is 0.295 e. The van der Waals surface area contributed by atoms with Gasteiger partial charge in [-0.3, -0.25) is 9.59 Å². The molecule has 1 heterocycles. The van der Waals surface area contributed by atoms with E-state index in [-0.39, 0.29) is 24.5 Å². The van der Waals surface area contributed by atoms with E-state index in [1.165, 1.54) is 12.0 Å². The Labute approximate surface area is 239 Å². The van der Waals surface area contributed by atoms with Crippen molar-refractivity contribution >= 4 is 17.4 Å². The molecule has 1 N–H and O–H groups in total. The Morgan fingerprint density at radius 1 is 0.829 bits per heavy atom. The van der Waals surface area contributed by atoms with E-state index in [1.54, 1.807) is 30.3 Å². The number of carbonyl (C=O) groups excluding carboxylic acids is 2. The van der Waals surface area contributed by atoms with Crippen LogP contribution in [0.4, 0.5) is 0 Å². The lowest BCUT2D eigenvalue weighted by Crippen LogP contribution is -2.32. The third-order valence-electron chi connectivity index (χ3n) is 6.93. The topological polar surface area (TPSA) is 85.3 Å². The molecule has 1 fully saturated rings. The van der Waals surface area contributed by atoms with Crippen LogP contribution in [0.25, 0.3) is 5.76 Å². The summed E-state index contributed by atoms with van der Waals surface area (Å²) in [5.74, 6) is 0.149. The summed E-state index contributed by atoms with van der Waals surface area (Å²) in [4.78, 5) is 28.0. The standard InChI is InChI=1S/C34H31NO6/c1-23-20-27(40-22-24-10-5-3-6-11-24)16-17-29(23)32(36)30-31(35(18-19-39-2)34(38)33(30)37)25-12-9-15-28(21-25)41-26-13-7-4-8-14-26/h3-17,20-21,31,36H,18-19,22H2,1-2H3/t31-/m0/s1. The Balaban J connectivity index is 1.50. The lowest BCUT2D eigenvalue weighted by molar-refractivity contribution is -0.140. The molecule has 1 saturated heterocycles. The Morgan fingerprint density at radius 3 is 2.24 bits per heavy atom. The Bertz CT molecular complexity index is 1560. The van der Waals surface area contributed by atoms with Crippen molar-refractivity contribution in [3.8, 4) is 17.2 Å². The van der Waals surface area contributed by atoms with Crippen molar-refractivity contribution < 1.29 is 28.9 Å². The Morgan fingerprint density at radius 2 is 1.54 bits per heavy atom. The number of ether oxygens (including phenoxy) is 3. The number of amides is 1. The van der Waals surface area contributed by atoms with Crippen molar-refractivity contribution in [1.29, 1.82) is 0 Å². The van der Waals surface area contributed by atoms with Crippen LogP contribution >= 0.6 is 0 Å². The SMILES string of the molecule is COCCN1C(=O)C(=O)C(=C(O)c2ccc(OCc3ccccc3)cc2C)[C@@H]1c1cccc(Oc2ccccc2)c1. The first-order chi connectivity index (χ1) is 20.0. The van der Waals surface area contributed by atoms with Crippen LogP contribution in [0.1, 0.15) is 28.3 Å². The number of hydrogen-bond donors (Lipinski definition) is 1. The summed E-state index contributed by atoms with van der Waals surface area (Å²) in [6.45, 7) is 2.64. The van der Waals surface area contributed by atoms with E-state index in [1.807, 2.05) is 79.7 Å². The summed E-state index contributed by atoms with van der Waals surface area (Å²) in [6, 6.07) is 30.8. The van der Waals surface area contributed by atoms with E-state index in [0.29, 0.717) is 40.5 Å². The molecule has 1 atom stereocenters. The van der Waals surface area contributed by atoms with Gasteiger partial charge in [0.1, 0.15) is 29.6 Å². The van der Waals surface area contributed by atoms with E-state index < -0.39 is 17.7 Å². The van der Waals surface area contributed by atoms with Gasteiger partial charge in [-0.05, 0) is 66.1 Å². The number of aliphatic hydroxyl groups excluding tert-OH is 1. The fourth-order valence-electron chi connectivity index (χ4n) is 4.90. The number of para-hydroxylation sites is 1. The minimum atomic E-state index is -0.821. The van der Waals surface area contributed by atoms with Gasteiger partial charge in [-0.1, -0.05) is 60.7 Å². The molecular weight excluding hydrogens is 518 g/mol. The van der Waals surface area contributed by atoms with Crippen molar-refractivity contribution in [1.82, 2.24) is 4.90 Å². The van der Waals surface area contributed by atoms with Crippen LogP contribution in [-0.4, -0.2) is 42.0 Å². The number of benzene rings is 4. The monoisotopic (exact) mass is 549 g/mol. The lowest BCUT2D eigenvalue weighted by Gasteiger charge is -2.25. The van der Waals surface area contributed by atoms with Crippen molar-refractivity contribution in [2.24, 2.45) is 0 Å².